The first-order valence-electron chi connectivity index (χ1n) is 9.18. The Labute approximate surface area is 172 Å². The maximum atomic E-state index is 12.5. The van der Waals surface area contributed by atoms with Gasteiger partial charge in [-0.3, -0.25) is 28.8 Å². The number of rotatable bonds is 14. The van der Waals surface area contributed by atoms with E-state index in [1.54, 1.807) is 13.8 Å². The number of aliphatic carboxylic acids is 3. The molecule has 170 valence electrons. The number of nitrogens with two attached hydrogens (primary N) is 1. The molecule has 0 aliphatic carbocycles. The first-order chi connectivity index (χ1) is 13.9. The molecule has 0 saturated heterocycles. The maximum Gasteiger partial charge on any atom is 0.322 e. The van der Waals surface area contributed by atoms with Gasteiger partial charge in [-0.15, -0.1) is 0 Å². The Hall–Kier alpha value is -3.22. The SMILES string of the molecule is CCC(C)C(N)C(=O)NC(CCC(=O)O)C(=O)NC(CC(=O)O)C(=O)NCC(=O)O. The van der Waals surface area contributed by atoms with Crippen molar-refractivity contribution < 1.29 is 44.1 Å². The maximum absolute atomic E-state index is 12.5. The van der Waals surface area contributed by atoms with Gasteiger partial charge in [0.1, 0.15) is 18.6 Å². The number of hydrogen-bond donors (Lipinski definition) is 7. The highest BCUT2D eigenvalue weighted by Gasteiger charge is 2.30. The van der Waals surface area contributed by atoms with Crippen molar-refractivity contribution in [1.29, 1.82) is 0 Å². The monoisotopic (exact) mass is 432 g/mol. The molecule has 3 amide bonds. The molecule has 0 saturated carbocycles. The summed E-state index contributed by atoms with van der Waals surface area (Å²) in [5.41, 5.74) is 5.80. The minimum atomic E-state index is -1.64. The average Bonchev–Trinajstić information content (AvgIpc) is 2.66. The molecule has 0 bridgehead atoms. The Kier molecular flexibility index (Phi) is 11.7. The van der Waals surface area contributed by atoms with E-state index in [1.165, 1.54) is 0 Å². The molecule has 0 spiro atoms. The summed E-state index contributed by atoms with van der Waals surface area (Å²) in [6.07, 6.45) is -1.11. The number of carboxylic acids is 3. The summed E-state index contributed by atoms with van der Waals surface area (Å²) in [6.45, 7) is 2.72. The molecule has 0 fully saturated rings. The molecule has 13 heteroatoms. The van der Waals surface area contributed by atoms with Crippen molar-refractivity contribution >= 4 is 35.6 Å². The van der Waals surface area contributed by atoms with Gasteiger partial charge in [0.25, 0.3) is 0 Å². The highest BCUT2D eigenvalue weighted by Crippen LogP contribution is 2.07. The van der Waals surface area contributed by atoms with E-state index < -0.39 is 73.1 Å². The highest BCUT2D eigenvalue weighted by molar-refractivity contribution is 5.95. The van der Waals surface area contributed by atoms with E-state index in [9.17, 15) is 28.8 Å². The van der Waals surface area contributed by atoms with Crippen LogP contribution in [0.15, 0.2) is 0 Å². The summed E-state index contributed by atoms with van der Waals surface area (Å²) in [5, 5.41) is 32.8. The van der Waals surface area contributed by atoms with E-state index in [4.69, 9.17) is 21.1 Å². The lowest BCUT2D eigenvalue weighted by atomic mass is 9.98. The van der Waals surface area contributed by atoms with Crippen molar-refractivity contribution in [2.24, 2.45) is 11.7 Å². The number of carbonyl (C=O) groups is 6. The van der Waals surface area contributed by atoms with E-state index in [2.05, 4.69) is 10.6 Å². The van der Waals surface area contributed by atoms with Crippen LogP contribution in [-0.4, -0.2) is 75.6 Å². The van der Waals surface area contributed by atoms with Crippen LogP contribution < -0.4 is 21.7 Å². The summed E-state index contributed by atoms with van der Waals surface area (Å²) in [5.74, 6) is -7.07. The smallest absolute Gasteiger partial charge is 0.322 e. The number of carboxylic acid groups (broad SMARTS) is 3. The third-order valence-corrected chi connectivity index (χ3v) is 4.27. The fourth-order valence-electron chi connectivity index (χ4n) is 2.26. The predicted octanol–water partition coefficient (Wildman–Crippen LogP) is -2.13. The lowest BCUT2D eigenvalue weighted by Crippen LogP contribution is -2.57. The van der Waals surface area contributed by atoms with Crippen LogP contribution in [0.3, 0.4) is 0 Å². The molecule has 0 heterocycles. The summed E-state index contributed by atoms with van der Waals surface area (Å²) in [6, 6.07) is -4.00. The van der Waals surface area contributed by atoms with Gasteiger partial charge in [0, 0.05) is 6.42 Å². The summed E-state index contributed by atoms with van der Waals surface area (Å²) < 4.78 is 0. The molecule has 30 heavy (non-hydrogen) atoms. The van der Waals surface area contributed by atoms with Gasteiger partial charge < -0.3 is 37.0 Å². The van der Waals surface area contributed by atoms with Crippen LogP contribution in [0, 0.1) is 5.92 Å². The van der Waals surface area contributed by atoms with Gasteiger partial charge in [0.15, 0.2) is 0 Å². The Balaban J connectivity index is 5.37. The molecule has 8 N–H and O–H groups in total. The van der Waals surface area contributed by atoms with Crippen LogP contribution in [0.25, 0.3) is 0 Å². The third-order valence-electron chi connectivity index (χ3n) is 4.27. The zero-order chi connectivity index (χ0) is 23.4. The largest absolute Gasteiger partial charge is 0.481 e. The normalized spacial score (nSPS) is 14.5. The Morgan fingerprint density at radius 1 is 0.833 bits per heavy atom. The van der Waals surface area contributed by atoms with Crippen LogP contribution in [0.1, 0.15) is 39.5 Å². The zero-order valence-corrected chi connectivity index (χ0v) is 16.7. The lowest BCUT2D eigenvalue weighted by Gasteiger charge is -2.24. The van der Waals surface area contributed by atoms with Crippen molar-refractivity contribution in [1.82, 2.24) is 16.0 Å². The second kappa shape index (κ2) is 13.1. The summed E-state index contributed by atoms with van der Waals surface area (Å²) >= 11 is 0. The quantitative estimate of drug-likeness (QED) is 0.158. The van der Waals surface area contributed by atoms with E-state index in [0.717, 1.165) is 0 Å². The number of carbonyl (C=O) groups excluding carboxylic acids is 3. The molecule has 0 aromatic heterocycles. The first-order valence-corrected chi connectivity index (χ1v) is 9.18. The highest BCUT2D eigenvalue weighted by atomic mass is 16.4. The summed E-state index contributed by atoms with van der Waals surface area (Å²) in [4.78, 5) is 69.2. The van der Waals surface area contributed by atoms with E-state index >= 15 is 0 Å². The minimum Gasteiger partial charge on any atom is -0.481 e. The third kappa shape index (κ3) is 10.4. The summed E-state index contributed by atoms with van der Waals surface area (Å²) in [7, 11) is 0. The fraction of sp³-hybridized carbons (Fsp3) is 0.647. The number of hydrogen-bond acceptors (Lipinski definition) is 7. The zero-order valence-electron chi connectivity index (χ0n) is 16.7. The molecule has 4 atom stereocenters. The molecule has 13 nitrogen and oxygen atoms in total. The van der Waals surface area contributed by atoms with Gasteiger partial charge in [-0.2, -0.15) is 0 Å². The van der Waals surface area contributed by atoms with Crippen molar-refractivity contribution in [3.05, 3.63) is 0 Å². The minimum absolute atomic E-state index is 0.227. The molecule has 4 unspecified atom stereocenters. The van der Waals surface area contributed by atoms with Crippen molar-refractivity contribution in [2.75, 3.05) is 6.54 Å². The number of amides is 3. The van der Waals surface area contributed by atoms with Gasteiger partial charge in [-0.05, 0) is 12.3 Å². The van der Waals surface area contributed by atoms with E-state index in [0.29, 0.717) is 6.42 Å². The van der Waals surface area contributed by atoms with Gasteiger partial charge in [-0.1, -0.05) is 20.3 Å². The van der Waals surface area contributed by atoms with Gasteiger partial charge in [0.2, 0.25) is 17.7 Å². The second-order valence-electron chi connectivity index (χ2n) is 6.68. The van der Waals surface area contributed by atoms with Crippen molar-refractivity contribution in [3.63, 3.8) is 0 Å². The Morgan fingerprint density at radius 3 is 1.87 bits per heavy atom. The Bertz CT molecular complexity index is 668. The second-order valence-corrected chi connectivity index (χ2v) is 6.68. The predicted molar refractivity (Wildman–Crippen MR) is 101 cm³/mol. The van der Waals surface area contributed by atoms with Crippen LogP contribution in [0.5, 0.6) is 0 Å². The fourth-order valence-corrected chi connectivity index (χ4v) is 2.26. The molecule has 0 aromatic carbocycles. The molecule has 0 radical (unpaired) electrons. The lowest BCUT2D eigenvalue weighted by molar-refractivity contribution is -0.141. The molecule has 0 aromatic rings. The van der Waals surface area contributed by atoms with E-state index in [1.807, 2.05) is 5.32 Å². The topological polar surface area (TPSA) is 225 Å². The molecular formula is C17H28N4O9. The standard InChI is InChI=1S/C17H28N4O9/c1-3-8(2)14(18)17(30)20-9(4-5-11(22)23)16(29)21-10(6-12(24)25)15(28)19-7-13(26)27/h8-10,14H,3-7,18H2,1-2H3,(H,19,28)(H,20,30)(H,21,29)(H,22,23)(H,24,25)(H,26,27). The first kappa shape index (κ1) is 26.8. The van der Waals surface area contributed by atoms with Crippen LogP contribution in [0.2, 0.25) is 0 Å². The molecule has 0 rings (SSSR count). The Morgan fingerprint density at radius 2 is 1.40 bits per heavy atom. The number of nitrogens with one attached hydrogen (secondary N) is 3. The van der Waals surface area contributed by atoms with Gasteiger partial charge in [-0.25, -0.2) is 0 Å². The van der Waals surface area contributed by atoms with Crippen molar-refractivity contribution in [3.8, 4) is 0 Å². The van der Waals surface area contributed by atoms with Crippen LogP contribution in [-0.2, 0) is 28.8 Å². The molecule has 0 aliphatic rings. The van der Waals surface area contributed by atoms with Gasteiger partial charge >= 0.3 is 17.9 Å². The van der Waals surface area contributed by atoms with E-state index in [-0.39, 0.29) is 12.3 Å². The average molecular weight is 432 g/mol. The molecule has 0 aliphatic heterocycles. The van der Waals surface area contributed by atoms with Crippen LogP contribution >= 0.6 is 0 Å². The van der Waals surface area contributed by atoms with Gasteiger partial charge in [0.05, 0.1) is 12.5 Å². The van der Waals surface area contributed by atoms with Crippen LogP contribution in [0.4, 0.5) is 0 Å². The van der Waals surface area contributed by atoms with Crippen molar-refractivity contribution in [2.45, 2.75) is 57.7 Å². The molecular weight excluding hydrogens is 404 g/mol.